The standard InChI is InChI=1S/C14H26/c1-7-9-12(4)14(6)13(5)10-11(3)8-2/h7,9,12-14H,3,8,10H2,1-2,4-6H3. The summed E-state index contributed by atoms with van der Waals surface area (Å²) < 4.78 is 0. The maximum atomic E-state index is 4.08. The number of rotatable bonds is 6. The minimum absolute atomic E-state index is 0.680. The molecule has 82 valence electrons. The second kappa shape index (κ2) is 6.86. The Balaban J connectivity index is 4.10. The SMILES string of the molecule is C=C(CC)CC(C)C(C)C(C)C=CC. The predicted octanol–water partition coefficient (Wildman–Crippen LogP) is 4.83. The van der Waals surface area contributed by atoms with Gasteiger partial charge in [-0.1, -0.05) is 52.0 Å². The van der Waals surface area contributed by atoms with Crippen LogP contribution in [0.3, 0.4) is 0 Å². The number of hydrogen-bond acceptors (Lipinski definition) is 0. The molecule has 3 atom stereocenters. The first-order valence-electron chi connectivity index (χ1n) is 5.82. The van der Waals surface area contributed by atoms with Gasteiger partial charge in [-0.25, -0.2) is 0 Å². The van der Waals surface area contributed by atoms with E-state index >= 15 is 0 Å². The van der Waals surface area contributed by atoms with Crippen LogP contribution in [0.2, 0.25) is 0 Å². The molecule has 0 saturated carbocycles. The number of hydrogen-bond donors (Lipinski definition) is 0. The summed E-state index contributed by atoms with van der Waals surface area (Å²) in [5, 5.41) is 0. The lowest BCUT2D eigenvalue weighted by molar-refractivity contribution is 0.316. The van der Waals surface area contributed by atoms with Crippen LogP contribution in [0.15, 0.2) is 24.3 Å². The zero-order chi connectivity index (χ0) is 11.1. The van der Waals surface area contributed by atoms with Gasteiger partial charge in [0.2, 0.25) is 0 Å². The van der Waals surface area contributed by atoms with Crippen molar-refractivity contribution >= 4 is 0 Å². The van der Waals surface area contributed by atoms with Crippen LogP contribution in [-0.2, 0) is 0 Å². The molecule has 3 unspecified atom stereocenters. The van der Waals surface area contributed by atoms with Crippen molar-refractivity contribution in [2.24, 2.45) is 17.8 Å². The van der Waals surface area contributed by atoms with E-state index in [-0.39, 0.29) is 0 Å². The molecule has 0 rings (SSSR count). The maximum Gasteiger partial charge on any atom is -0.0234 e. The Morgan fingerprint density at radius 1 is 1.29 bits per heavy atom. The van der Waals surface area contributed by atoms with Gasteiger partial charge in [0.05, 0.1) is 0 Å². The minimum Gasteiger partial charge on any atom is -0.0999 e. The van der Waals surface area contributed by atoms with Gasteiger partial charge in [-0.3, -0.25) is 0 Å². The Morgan fingerprint density at radius 2 is 1.86 bits per heavy atom. The molecule has 0 aromatic rings. The van der Waals surface area contributed by atoms with Crippen LogP contribution in [0.1, 0.15) is 47.5 Å². The van der Waals surface area contributed by atoms with Gasteiger partial charge >= 0.3 is 0 Å². The van der Waals surface area contributed by atoms with E-state index in [9.17, 15) is 0 Å². The highest BCUT2D eigenvalue weighted by atomic mass is 14.2. The quantitative estimate of drug-likeness (QED) is 0.531. The summed E-state index contributed by atoms with van der Waals surface area (Å²) >= 11 is 0. The first-order chi connectivity index (χ1) is 6.52. The summed E-state index contributed by atoms with van der Waals surface area (Å²) in [5.41, 5.74) is 1.39. The van der Waals surface area contributed by atoms with Crippen molar-refractivity contribution < 1.29 is 0 Å². The molecule has 0 saturated heterocycles. The van der Waals surface area contributed by atoms with Gasteiger partial charge in [0.1, 0.15) is 0 Å². The number of allylic oxidation sites excluding steroid dienone is 3. The topological polar surface area (TPSA) is 0 Å². The van der Waals surface area contributed by atoms with Gasteiger partial charge < -0.3 is 0 Å². The van der Waals surface area contributed by atoms with Crippen molar-refractivity contribution in [1.29, 1.82) is 0 Å². The highest BCUT2D eigenvalue weighted by Crippen LogP contribution is 2.27. The molecule has 0 fully saturated rings. The van der Waals surface area contributed by atoms with Crippen LogP contribution in [0.4, 0.5) is 0 Å². The second-order valence-electron chi connectivity index (χ2n) is 4.53. The molecule has 0 amide bonds. The lowest BCUT2D eigenvalue weighted by Gasteiger charge is -2.24. The lowest BCUT2D eigenvalue weighted by atomic mass is 9.81. The highest BCUT2D eigenvalue weighted by molar-refractivity contribution is 4.96. The van der Waals surface area contributed by atoms with Crippen molar-refractivity contribution in [3.8, 4) is 0 Å². The molecule has 0 radical (unpaired) electrons. The van der Waals surface area contributed by atoms with Gasteiger partial charge in [0.15, 0.2) is 0 Å². The van der Waals surface area contributed by atoms with Crippen molar-refractivity contribution in [3.63, 3.8) is 0 Å². The molecule has 0 aromatic heterocycles. The third kappa shape index (κ3) is 4.64. The summed E-state index contributed by atoms with van der Waals surface area (Å²) in [5.74, 6) is 2.17. The summed E-state index contributed by atoms with van der Waals surface area (Å²) in [6.45, 7) is 15.4. The van der Waals surface area contributed by atoms with Crippen LogP contribution in [-0.4, -0.2) is 0 Å². The predicted molar refractivity (Wildman–Crippen MR) is 66.4 cm³/mol. The largest absolute Gasteiger partial charge is 0.0999 e. The fourth-order valence-corrected chi connectivity index (χ4v) is 1.78. The van der Waals surface area contributed by atoms with Crippen molar-refractivity contribution in [1.82, 2.24) is 0 Å². The lowest BCUT2D eigenvalue weighted by Crippen LogP contribution is -2.15. The van der Waals surface area contributed by atoms with Crippen LogP contribution in [0.25, 0.3) is 0 Å². The molecule has 0 heterocycles. The van der Waals surface area contributed by atoms with Gasteiger partial charge in [-0.05, 0) is 37.5 Å². The van der Waals surface area contributed by atoms with Crippen LogP contribution in [0.5, 0.6) is 0 Å². The Morgan fingerprint density at radius 3 is 2.29 bits per heavy atom. The molecule has 0 aliphatic heterocycles. The monoisotopic (exact) mass is 194 g/mol. The zero-order valence-electron chi connectivity index (χ0n) is 10.5. The molecular formula is C14H26. The minimum atomic E-state index is 0.680. The summed E-state index contributed by atoms with van der Waals surface area (Å²) in [7, 11) is 0. The molecule has 0 nitrogen and oxygen atoms in total. The van der Waals surface area contributed by atoms with Crippen LogP contribution >= 0.6 is 0 Å². The first-order valence-corrected chi connectivity index (χ1v) is 5.82. The molecule has 14 heavy (non-hydrogen) atoms. The third-order valence-electron chi connectivity index (χ3n) is 3.33. The van der Waals surface area contributed by atoms with E-state index in [4.69, 9.17) is 0 Å². The van der Waals surface area contributed by atoms with E-state index in [0.29, 0.717) is 5.92 Å². The van der Waals surface area contributed by atoms with E-state index in [0.717, 1.165) is 18.3 Å². The third-order valence-corrected chi connectivity index (χ3v) is 3.33. The molecule has 0 spiro atoms. The van der Waals surface area contributed by atoms with E-state index in [1.54, 1.807) is 0 Å². The average Bonchev–Trinajstić information content (AvgIpc) is 2.16. The molecule has 0 N–H and O–H groups in total. The van der Waals surface area contributed by atoms with Gasteiger partial charge in [0.25, 0.3) is 0 Å². The Hall–Kier alpha value is -0.520. The highest BCUT2D eigenvalue weighted by Gasteiger charge is 2.17. The van der Waals surface area contributed by atoms with E-state index in [1.165, 1.54) is 12.0 Å². The summed E-state index contributed by atoms with van der Waals surface area (Å²) in [4.78, 5) is 0. The normalized spacial score (nSPS) is 18.1. The maximum absolute atomic E-state index is 4.08. The summed E-state index contributed by atoms with van der Waals surface area (Å²) in [6, 6.07) is 0. The van der Waals surface area contributed by atoms with Crippen LogP contribution in [0, 0.1) is 17.8 Å². The molecule has 0 aliphatic carbocycles. The van der Waals surface area contributed by atoms with Crippen molar-refractivity contribution in [3.05, 3.63) is 24.3 Å². The van der Waals surface area contributed by atoms with Gasteiger partial charge in [-0.15, -0.1) is 0 Å². The Kier molecular flexibility index (Phi) is 6.61. The Bertz CT molecular complexity index is 188. The van der Waals surface area contributed by atoms with Gasteiger partial charge in [0, 0.05) is 0 Å². The van der Waals surface area contributed by atoms with Gasteiger partial charge in [-0.2, -0.15) is 0 Å². The fourth-order valence-electron chi connectivity index (χ4n) is 1.78. The molecule has 0 heteroatoms. The fraction of sp³-hybridized carbons (Fsp3) is 0.714. The summed E-state index contributed by atoms with van der Waals surface area (Å²) in [6.07, 6.45) is 6.76. The second-order valence-corrected chi connectivity index (χ2v) is 4.53. The average molecular weight is 194 g/mol. The van der Waals surface area contributed by atoms with Crippen LogP contribution < -0.4 is 0 Å². The molecule has 0 aliphatic rings. The van der Waals surface area contributed by atoms with E-state index in [1.807, 2.05) is 0 Å². The first kappa shape index (κ1) is 13.5. The van der Waals surface area contributed by atoms with E-state index < -0.39 is 0 Å². The molecule has 0 aromatic carbocycles. The zero-order valence-corrected chi connectivity index (χ0v) is 10.5. The van der Waals surface area contributed by atoms with Crippen molar-refractivity contribution in [2.45, 2.75) is 47.5 Å². The van der Waals surface area contributed by atoms with Crippen molar-refractivity contribution in [2.75, 3.05) is 0 Å². The Labute approximate surface area is 90.1 Å². The smallest absolute Gasteiger partial charge is 0.0234 e. The van der Waals surface area contributed by atoms with E-state index in [2.05, 4.69) is 53.3 Å². The molecular weight excluding hydrogens is 168 g/mol. The molecule has 0 bridgehead atoms.